The first-order chi connectivity index (χ1) is 11.0. The summed E-state index contributed by atoms with van der Waals surface area (Å²) in [6, 6.07) is 4.23. The van der Waals surface area contributed by atoms with Crippen LogP contribution in [0.25, 0.3) is 6.08 Å². The number of allylic oxidation sites excluding steroid dienone is 5. The number of terminal acetylenes is 1. The molecule has 0 saturated carbocycles. The normalized spacial score (nSPS) is 13.2. The van der Waals surface area contributed by atoms with Gasteiger partial charge in [-0.3, -0.25) is 0 Å². The molecule has 0 amide bonds. The molecule has 0 bridgehead atoms. The SMILES string of the molecule is C#CC(/C=C\CC)=C(CF)\C(=C\c1c(C)ccc(C)c1C)CC. The van der Waals surface area contributed by atoms with E-state index in [-0.39, 0.29) is 0 Å². The zero-order chi connectivity index (χ0) is 17.4. The third-order valence-electron chi connectivity index (χ3n) is 4.23. The van der Waals surface area contributed by atoms with E-state index in [2.05, 4.69) is 44.9 Å². The zero-order valence-corrected chi connectivity index (χ0v) is 15.0. The fraction of sp³-hybridized carbons (Fsp3) is 0.364. The summed E-state index contributed by atoms with van der Waals surface area (Å²) in [5.41, 5.74) is 7.09. The van der Waals surface area contributed by atoms with Crippen molar-refractivity contribution in [3.8, 4) is 12.3 Å². The molecule has 23 heavy (non-hydrogen) atoms. The molecule has 0 atom stereocenters. The second-order valence-electron chi connectivity index (χ2n) is 5.74. The van der Waals surface area contributed by atoms with Gasteiger partial charge in [0.2, 0.25) is 0 Å². The fourth-order valence-corrected chi connectivity index (χ4v) is 2.57. The first-order valence-electron chi connectivity index (χ1n) is 8.20. The summed E-state index contributed by atoms with van der Waals surface area (Å²) in [6.07, 6.45) is 13.2. The number of hydrogen-bond donors (Lipinski definition) is 0. The van der Waals surface area contributed by atoms with Crippen molar-refractivity contribution in [1.29, 1.82) is 0 Å². The van der Waals surface area contributed by atoms with E-state index in [4.69, 9.17) is 6.42 Å². The summed E-state index contributed by atoms with van der Waals surface area (Å²) in [5.74, 6) is 2.64. The van der Waals surface area contributed by atoms with Crippen LogP contribution in [0, 0.1) is 33.1 Å². The van der Waals surface area contributed by atoms with Gasteiger partial charge in [-0.05, 0) is 61.4 Å². The molecule has 1 aromatic carbocycles. The van der Waals surface area contributed by atoms with Crippen molar-refractivity contribution >= 4 is 6.08 Å². The summed E-state index contributed by atoms with van der Waals surface area (Å²) in [4.78, 5) is 0. The van der Waals surface area contributed by atoms with Crippen LogP contribution in [0.5, 0.6) is 0 Å². The van der Waals surface area contributed by atoms with Crippen LogP contribution in [0.1, 0.15) is 48.9 Å². The lowest BCUT2D eigenvalue weighted by Gasteiger charge is -2.13. The molecule has 1 aromatic rings. The first-order valence-corrected chi connectivity index (χ1v) is 8.20. The van der Waals surface area contributed by atoms with Crippen molar-refractivity contribution in [3.63, 3.8) is 0 Å². The van der Waals surface area contributed by atoms with Gasteiger partial charge < -0.3 is 0 Å². The van der Waals surface area contributed by atoms with Gasteiger partial charge in [0.15, 0.2) is 0 Å². The quantitative estimate of drug-likeness (QED) is 0.429. The summed E-state index contributed by atoms with van der Waals surface area (Å²) in [7, 11) is 0. The molecule has 0 aromatic heterocycles. The van der Waals surface area contributed by atoms with Crippen LogP contribution < -0.4 is 0 Å². The van der Waals surface area contributed by atoms with Crippen molar-refractivity contribution in [2.75, 3.05) is 6.67 Å². The van der Waals surface area contributed by atoms with E-state index in [0.717, 1.165) is 18.4 Å². The smallest absolute Gasteiger partial charge is 0.116 e. The average molecular weight is 310 g/mol. The van der Waals surface area contributed by atoms with Crippen LogP contribution in [-0.4, -0.2) is 6.67 Å². The Morgan fingerprint density at radius 1 is 1.17 bits per heavy atom. The predicted molar refractivity (Wildman–Crippen MR) is 100 cm³/mol. The molecule has 0 aliphatic carbocycles. The van der Waals surface area contributed by atoms with Crippen molar-refractivity contribution in [3.05, 3.63) is 63.3 Å². The van der Waals surface area contributed by atoms with Gasteiger partial charge in [0.1, 0.15) is 6.67 Å². The van der Waals surface area contributed by atoms with Gasteiger partial charge in [0, 0.05) is 11.1 Å². The minimum absolute atomic E-state index is 0.544. The fourth-order valence-electron chi connectivity index (χ4n) is 2.57. The lowest BCUT2D eigenvalue weighted by molar-refractivity contribution is 0.544. The highest BCUT2D eigenvalue weighted by molar-refractivity contribution is 5.67. The average Bonchev–Trinajstić information content (AvgIpc) is 2.56. The molecule has 1 heteroatoms. The van der Waals surface area contributed by atoms with Crippen LogP contribution in [0.15, 0.2) is 41.0 Å². The highest BCUT2D eigenvalue weighted by atomic mass is 19.1. The number of alkyl halides is 1. The van der Waals surface area contributed by atoms with Crippen LogP contribution in [0.2, 0.25) is 0 Å². The highest BCUT2D eigenvalue weighted by Crippen LogP contribution is 2.26. The second kappa shape index (κ2) is 9.16. The Labute approximate surface area is 140 Å². The van der Waals surface area contributed by atoms with Gasteiger partial charge in [-0.1, -0.05) is 50.1 Å². The number of rotatable bonds is 6. The van der Waals surface area contributed by atoms with Crippen LogP contribution in [-0.2, 0) is 0 Å². The minimum atomic E-state index is -0.544. The summed E-state index contributed by atoms with van der Waals surface area (Å²) in [6.45, 7) is 9.83. The molecule has 0 fully saturated rings. The molecule has 0 unspecified atom stereocenters. The molecule has 1 rings (SSSR count). The van der Waals surface area contributed by atoms with Crippen LogP contribution >= 0.6 is 0 Å². The lowest BCUT2D eigenvalue weighted by atomic mass is 9.92. The van der Waals surface area contributed by atoms with E-state index in [1.165, 1.54) is 22.3 Å². The number of aryl methyl sites for hydroxylation is 2. The van der Waals surface area contributed by atoms with Crippen molar-refractivity contribution in [2.24, 2.45) is 0 Å². The van der Waals surface area contributed by atoms with Gasteiger partial charge in [0.05, 0.1) is 0 Å². The standard InChI is InChI=1S/C22H27F/c1-7-10-11-19(8-2)22(15-23)20(9-3)14-21-17(5)13-12-16(4)18(21)6/h2,10-14H,7,9,15H2,1,3-6H3/b11-10-,20-14+,22-19+. The Balaban J connectivity index is 3.53. The van der Waals surface area contributed by atoms with E-state index in [0.29, 0.717) is 11.1 Å². The summed E-state index contributed by atoms with van der Waals surface area (Å²) in [5, 5.41) is 0. The molecule has 0 aliphatic rings. The Morgan fingerprint density at radius 3 is 2.35 bits per heavy atom. The summed E-state index contributed by atoms with van der Waals surface area (Å²) < 4.78 is 13.7. The summed E-state index contributed by atoms with van der Waals surface area (Å²) >= 11 is 0. The monoisotopic (exact) mass is 310 g/mol. The molecular formula is C22H27F. The molecule has 122 valence electrons. The topological polar surface area (TPSA) is 0 Å². The Morgan fingerprint density at radius 2 is 1.83 bits per heavy atom. The van der Waals surface area contributed by atoms with Crippen LogP contribution in [0.3, 0.4) is 0 Å². The first kappa shape index (κ1) is 19.0. The van der Waals surface area contributed by atoms with E-state index in [9.17, 15) is 4.39 Å². The number of halogens is 1. The zero-order valence-electron chi connectivity index (χ0n) is 15.0. The molecule has 0 aliphatic heterocycles. The molecule has 0 N–H and O–H groups in total. The largest absolute Gasteiger partial charge is 0.246 e. The lowest BCUT2D eigenvalue weighted by Crippen LogP contribution is -1.98. The van der Waals surface area contributed by atoms with E-state index in [1.54, 1.807) is 0 Å². The maximum absolute atomic E-state index is 13.7. The molecule has 0 heterocycles. The van der Waals surface area contributed by atoms with Gasteiger partial charge in [-0.15, -0.1) is 6.42 Å². The highest BCUT2D eigenvalue weighted by Gasteiger charge is 2.10. The molecule has 0 saturated heterocycles. The number of benzene rings is 1. The molecule has 0 radical (unpaired) electrons. The minimum Gasteiger partial charge on any atom is -0.246 e. The van der Waals surface area contributed by atoms with Crippen molar-refractivity contribution < 1.29 is 4.39 Å². The molecular weight excluding hydrogens is 283 g/mol. The van der Waals surface area contributed by atoms with Crippen molar-refractivity contribution in [1.82, 2.24) is 0 Å². The van der Waals surface area contributed by atoms with E-state index < -0.39 is 6.67 Å². The number of hydrogen-bond acceptors (Lipinski definition) is 0. The third-order valence-corrected chi connectivity index (χ3v) is 4.23. The van der Waals surface area contributed by atoms with Gasteiger partial charge >= 0.3 is 0 Å². The Hall–Kier alpha value is -2.07. The molecule has 0 nitrogen and oxygen atoms in total. The van der Waals surface area contributed by atoms with Crippen molar-refractivity contribution in [2.45, 2.75) is 47.5 Å². The third kappa shape index (κ3) is 4.70. The van der Waals surface area contributed by atoms with Crippen LogP contribution in [0.4, 0.5) is 4.39 Å². The molecule has 0 spiro atoms. The van der Waals surface area contributed by atoms with Gasteiger partial charge in [-0.25, -0.2) is 4.39 Å². The Kier molecular flexibility index (Phi) is 7.55. The van der Waals surface area contributed by atoms with E-state index >= 15 is 0 Å². The Bertz CT molecular complexity index is 679. The van der Waals surface area contributed by atoms with Gasteiger partial charge in [-0.2, -0.15) is 0 Å². The second-order valence-corrected chi connectivity index (χ2v) is 5.74. The maximum atomic E-state index is 13.7. The maximum Gasteiger partial charge on any atom is 0.116 e. The van der Waals surface area contributed by atoms with Gasteiger partial charge in [0.25, 0.3) is 0 Å². The van der Waals surface area contributed by atoms with E-state index in [1.807, 2.05) is 26.0 Å². The predicted octanol–water partition coefficient (Wildman–Crippen LogP) is 6.27.